The van der Waals surface area contributed by atoms with E-state index in [1.54, 1.807) is 5.38 Å². The highest BCUT2D eigenvalue weighted by atomic mass is 32.1. The Kier molecular flexibility index (Phi) is 2.82. The van der Waals surface area contributed by atoms with Crippen LogP contribution in [0, 0.1) is 0 Å². The van der Waals surface area contributed by atoms with Crippen LogP contribution in [0.5, 0.6) is 0 Å². The number of carbonyl (C=O) groups is 2. The van der Waals surface area contributed by atoms with E-state index in [1.165, 1.54) is 17.4 Å². The Hall–Kier alpha value is -1.20. The van der Waals surface area contributed by atoms with Gasteiger partial charge < -0.3 is 10.2 Å². The molecule has 0 aliphatic heterocycles. The van der Waals surface area contributed by atoms with Crippen molar-refractivity contribution in [3.63, 3.8) is 0 Å². The van der Waals surface area contributed by atoms with Crippen LogP contribution in [-0.2, 0) is 10.4 Å². The molecule has 1 heterocycles. The fourth-order valence-electron chi connectivity index (χ4n) is 2.01. The number of Topliss-reactive ketones (excluding diaryl/α,β-unsaturated/α-hetero) is 1. The van der Waals surface area contributed by atoms with Crippen molar-refractivity contribution < 1.29 is 19.8 Å². The van der Waals surface area contributed by atoms with Crippen LogP contribution in [0.25, 0.3) is 0 Å². The summed E-state index contributed by atoms with van der Waals surface area (Å²) in [4.78, 5) is 22.6. The number of aromatic carboxylic acids is 1. The van der Waals surface area contributed by atoms with Gasteiger partial charge in [0.1, 0.15) is 11.4 Å². The minimum atomic E-state index is -1.13. The quantitative estimate of drug-likeness (QED) is 0.826. The van der Waals surface area contributed by atoms with Crippen LogP contribution in [0.15, 0.2) is 11.4 Å². The van der Waals surface area contributed by atoms with E-state index in [2.05, 4.69) is 0 Å². The molecule has 0 spiro atoms. The topological polar surface area (TPSA) is 74.6 Å². The largest absolute Gasteiger partial charge is 0.478 e. The monoisotopic (exact) mass is 240 g/mol. The second kappa shape index (κ2) is 3.99. The molecule has 0 aromatic carbocycles. The van der Waals surface area contributed by atoms with Gasteiger partial charge in [-0.2, -0.15) is 0 Å². The SMILES string of the molecule is O=C1CCC(O)(c2sccc2C(=O)O)CC1. The van der Waals surface area contributed by atoms with E-state index in [0.717, 1.165) is 0 Å². The van der Waals surface area contributed by atoms with E-state index in [1.807, 2.05) is 0 Å². The predicted octanol–water partition coefficient (Wildman–Crippen LogP) is 1.78. The molecule has 0 saturated heterocycles. The van der Waals surface area contributed by atoms with Gasteiger partial charge in [-0.1, -0.05) is 0 Å². The molecule has 0 bridgehead atoms. The molecule has 5 heteroatoms. The molecule has 1 saturated carbocycles. The summed E-state index contributed by atoms with van der Waals surface area (Å²) >= 11 is 1.24. The Balaban J connectivity index is 2.32. The third-order valence-electron chi connectivity index (χ3n) is 2.95. The first-order chi connectivity index (χ1) is 7.53. The number of aliphatic hydroxyl groups is 1. The standard InChI is InChI=1S/C11H12O4S/c12-7-1-4-11(15,5-2-7)9-8(10(13)14)3-6-16-9/h3,6,15H,1-2,4-5H2,(H,13,14). The Bertz CT molecular complexity index is 425. The molecule has 2 rings (SSSR count). The molecule has 86 valence electrons. The van der Waals surface area contributed by atoms with Crippen LogP contribution in [0.1, 0.15) is 40.9 Å². The Morgan fingerprint density at radius 1 is 1.38 bits per heavy atom. The van der Waals surface area contributed by atoms with E-state index in [-0.39, 0.29) is 11.3 Å². The molecule has 1 aliphatic rings. The minimum absolute atomic E-state index is 0.137. The maximum Gasteiger partial charge on any atom is 0.336 e. The van der Waals surface area contributed by atoms with E-state index in [9.17, 15) is 14.7 Å². The summed E-state index contributed by atoms with van der Waals surface area (Å²) in [5.74, 6) is -0.889. The Labute approximate surface area is 96.5 Å². The fraction of sp³-hybridized carbons (Fsp3) is 0.455. The fourth-order valence-corrected chi connectivity index (χ4v) is 3.05. The van der Waals surface area contributed by atoms with Crippen molar-refractivity contribution in [2.75, 3.05) is 0 Å². The van der Waals surface area contributed by atoms with Crippen LogP contribution in [-0.4, -0.2) is 22.0 Å². The van der Waals surface area contributed by atoms with Gasteiger partial charge >= 0.3 is 5.97 Å². The van der Waals surface area contributed by atoms with Gasteiger partial charge in [0.15, 0.2) is 0 Å². The summed E-state index contributed by atoms with van der Waals surface area (Å²) in [7, 11) is 0. The number of ketones is 1. The highest BCUT2D eigenvalue weighted by molar-refractivity contribution is 7.10. The molecule has 1 fully saturated rings. The van der Waals surface area contributed by atoms with Crippen molar-refractivity contribution in [3.05, 3.63) is 21.9 Å². The Morgan fingerprint density at radius 2 is 2.00 bits per heavy atom. The third kappa shape index (κ3) is 1.88. The second-order valence-electron chi connectivity index (χ2n) is 4.04. The Morgan fingerprint density at radius 3 is 2.56 bits per heavy atom. The lowest BCUT2D eigenvalue weighted by Crippen LogP contribution is -2.32. The van der Waals surface area contributed by atoms with Crippen LogP contribution in [0.3, 0.4) is 0 Å². The van der Waals surface area contributed by atoms with Crippen LogP contribution >= 0.6 is 11.3 Å². The zero-order chi connectivity index (χ0) is 11.8. The van der Waals surface area contributed by atoms with Gasteiger partial charge in [-0.15, -0.1) is 11.3 Å². The smallest absolute Gasteiger partial charge is 0.336 e. The summed E-state index contributed by atoms with van der Waals surface area (Å²) in [6.07, 6.45) is 1.31. The molecule has 0 amide bonds. The van der Waals surface area contributed by atoms with Gasteiger partial charge in [-0.25, -0.2) is 4.79 Å². The predicted molar refractivity (Wildman–Crippen MR) is 58.7 cm³/mol. The summed E-state index contributed by atoms with van der Waals surface area (Å²) in [6.45, 7) is 0. The highest BCUT2D eigenvalue weighted by Crippen LogP contribution is 2.40. The molecule has 0 atom stereocenters. The lowest BCUT2D eigenvalue weighted by molar-refractivity contribution is -0.125. The van der Waals surface area contributed by atoms with Gasteiger partial charge in [0, 0.05) is 12.8 Å². The molecule has 0 unspecified atom stereocenters. The summed E-state index contributed by atoms with van der Waals surface area (Å²) < 4.78 is 0. The number of carboxylic acid groups (broad SMARTS) is 1. The molecule has 0 radical (unpaired) electrons. The average Bonchev–Trinajstić information content (AvgIpc) is 2.72. The lowest BCUT2D eigenvalue weighted by atomic mass is 9.82. The normalized spacial score (nSPS) is 19.7. The van der Waals surface area contributed by atoms with Crippen LogP contribution in [0.2, 0.25) is 0 Å². The summed E-state index contributed by atoms with van der Waals surface area (Å²) in [6, 6.07) is 1.50. The number of rotatable bonds is 2. The zero-order valence-corrected chi connectivity index (χ0v) is 9.42. The van der Waals surface area contributed by atoms with Gasteiger partial charge in [-0.05, 0) is 24.3 Å². The van der Waals surface area contributed by atoms with Crippen molar-refractivity contribution >= 4 is 23.1 Å². The van der Waals surface area contributed by atoms with E-state index >= 15 is 0 Å². The van der Waals surface area contributed by atoms with Crippen molar-refractivity contribution in [3.8, 4) is 0 Å². The molecule has 1 aliphatic carbocycles. The van der Waals surface area contributed by atoms with Crippen LogP contribution in [0.4, 0.5) is 0 Å². The van der Waals surface area contributed by atoms with E-state index in [4.69, 9.17) is 5.11 Å². The molecule has 1 aromatic heterocycles. The van der Waals surface area contributed by atoms with Crippen molar-refractivity contribution in [1.29, 1.82) is 0 Å². The third-order valence-corrected chi connectivity index (χ3v) is 4.06. The second-order valence-corrected chi connectivity index (χ2v) is 4.95. The molecule has 1 aromatic rings. The molecule has 16 heavy (non-hydrogen) atoms. The first kappa shape index (κ1) is 11.3. The molecule has 4 nitrogen and oxygen atoms in total. The van der Waals surface area contributed by atoms with E-state index < -0.39 is 11.6 Å². The molecule has 2 N–H and O–H groups in total. The highest BCUT2D eigenvalue weighted by Gasteiger charge is 2.37. The van der Waals surface area contributed by atoms with Gasteiger partial charge in [-0.3, -0.25) is 4.79 Å². The number of carboxylic acids is 1. The number of hydrogen-bond acceptors (Lipinski definition) is 4. The average molecular weight is 240 g/mol. The van der Waals surface area contributed by atoms with E-state index in [0.29, 0.717) is 30.6 Å². The maximum absolute atomic E-state index is 11.1. The number of thiophene rings is 1. The van der Waals surface area contributed by atoms with Crippen molar-refractivity contribution in [2.45, 2.75) is 31.3 Å². The first-order valence-corrected chi connectivity index (χ1v) is 5.96. The zero-order valence-electron chi connectivity index (χ0n) is 8.60. The number of hydrogen-bond donors (Lipinski definition) is 2. The summed E-state index contributed by atoms with van der Waals surface area (Å²) in [5, 5.41) is 21.0. The first-order valence-electron chi connectivity index (χ1n) is 5.08. The van der Waals surface area contributed by atoms with Gasteiger partial charge in [0.05, 0.1) is 10.4 Å². The van der Waals surface area contributed by atoms with Crippen LogP contribution < -0.4 is 0 Å². The van der Waals surface area contributed by atoms with Gasteiger partial charge in [0.25, 0.3) is 0 Å². The van der Waals surface area contributed by atoms with Crippen molar-refractivity contribution in [1.82, 2.24) is 0 Å². The molecular formula is C11H12O4S. The molecular weight excluding hydrogens is 228 g/mol. The number of carbonyl (C=O) groups excluding carboxylic acids is 1. The van der Waals surface area contributed by atoms with Crippen molar-refractivity contribution in [2.24, 2.45) is 0 Å². The minimum Gasteiger partial charge on any atom is -0.478 e. The maximum atomic E-state index is 11.1. The lowest BCUT2D eigenvalue weighted by Gasteiger charge is -2.31. The summed E-state index contributed by atoms with van der Waals surface area (Å²) in [5.41, 5.74) is -0.975. The van der Waals surface area contributed by atoms with Gasteiger partial charge in [0.2, 0.25) is 0 Å².